The first-order valence-electron chi connectivity index (χ1n) is 7.06. The van der Waals surface area contributed by atoms with Crippen molar-refractivity contribution in [1.29, 1.82) is 0 Å². The van der Waals surface area contributed by atoms with Gasteiger partial charge in [0, 0.05) is 17.7 Å². The van der Waals surface area contributed by atoms with Gasteiger partial charge in [-0.3, -0.25) is 4.79 Å². The first-order valence-corrected chi connectivity index (χ1v) is 7.06. The third-order valence-electron chi connectivity index (χ3n) is 3.54. The van der Waals surface area contributed by atoms with Crippen molar-refractivity contribution in [3.8, 4) is 0 Å². The molecule has 0 spiro atoms. The predicted molar refractivity (Wildman–Crippen MR) is 72.9 cm³/mol. The number of amides is 1. The lowest BCUT2D eigenvalue weighted by atomic mass is 9.88. The molecule has 0 saturated carbocycles. The van der Waals surface area contributed by atoms with Crippen LogP contribution in [0, 0.1) is 0 Å². The summed E-state index contributed by atoms with van der Waals surface area (Å²) >= 11 is 0. The number of hydrogen-bond acceptors (Lipinski definition) is 1. The molecule has 0 radical (unpaired) electrons. The van der Waals surface area contributed by atoms with Crippen molar-refractivity contribution in [2.45, 2.75) is 78.8 Å². The Hall–Kier alpha value is -0.790. The Morgan fingerprint density at radius 2 is 1.82 bits per heavy atom. The molecule has 1 aliphatic rings. The second-order valence-electron chi connectivity index (χ2n) is 5.44. The van der Waals surface area contributed by atoms with Crippen LogP contribution in [-0.2, 0) is 4.79 Å². The van der Waals surface area contributed by atoms with Crippen LogP contribution in [0.25, 0.3) is 0 Å². The minimum Gasteiger partial charge on any atom is -0.333 e. The molecule has 98 valence electrons. The van der Waals surface area contributed by atoms with Crippen LogP contribution >= 0.6 is 0 Å². The maximum atomic E-state index is 12.5. The third kappa shape index (κ3) is 3.11. The summed E-state index contributed by atoms with van der Waals surface area (Å²) in [5.74, 6) is 0.295. The van der Waals surface area contributed by atoms with Crippen LogP contribution < -0.4 is 0 Å². The van der Waals surface area contributed by atoms with Gasteiger partial charge in [-0.1, -0.05) is 32.3 Å². The highest BCUT2D eigenvalue weighted by molar-refractivity contribution is 5.95. The molecule has 0 N–H and O–H groups in total. The summed E-state index contributed by atoms with van der Waals surface area (Å²) in [7, 11) is 0. The van der Waals surface area contributed by atoms with Gasteiger partial charge in [0.05, 0.1) is 0 Å². The highest BCUT2D eigenvalue weighted by Crippen LogP contribution is 2.31. The van der Waals surface area contributed by atoms with Crippen molar-refractivity contribution in [2.24, 2.45) is 0 Å². The fourth-order valence-electron chi connectivity index (χ4n) is 2.92. The van der Waals surface area contributed by atoms with E-state index >= 15 is 0 Å². The molecule has 0 saturated heterocycles. The van der Waals surface area contributed by atoms with Crippen LogP contribution in [0.3, 0.4) is 0 Å². The maximum Gasteiger partial charge on any atom is 0.250 e. The molecule has 1 amide bonds. The molecule has 0 aliphatic carbocycles. The normalized spacial score (nSPS) is 21.6. The van der Waals surface area contributed by atoms with Crippen molar-refractivity contribution >= 4 is 5.91 Å². The topological polar surface area (TPSA) is 20.3 Å². The van der Waals surface area contributed by atoms with Crippen molar-refractivity contribution in [1.82, 2.24) is 4.90 Å². The van der Waals surface area contributed by atoms with Gasteiger partial charge < -0.3 is 4.90 Å². The van der Waals surface area contributed by atoms with E-state index < -0.39 is 0 Å². The van der Waals surface area contributed by atoms with E-state index in [9.17, 15) is 4.79 Å². The molecule has 1 heterocycles. The summed E-state index contributed by atoms with van der Waals surface area (Å²) in [4.78, 5) is 14.6. The molecule has 0 aromatic heterocycles. The molecule has 0 aromatic rings. The lowest BCUT2D eigenvalue weighted by Gasteiger charge is -2.39. The second kappa shape index (κ2) is 6.23. The van der Waals surface area contributed by atoms with Crippen molar-refractivity contribution in [3.05, 3.63) is 11.1 Å². The number of carbonyl (C=O) groups excluding carboxylic acids is 1. The Labute approximate surface area is 106 Å². The molecule has 2 heteroatoms. The van der Waals surface area contributed by atoms with Gasteiger partial charge >= 0.3 is 0 Å². The largest absolute Gasteiger partial charge is 0.333 e. The SMILES string of the molecule is CCCC1=C(CCC)C(=O)N(C(C)C)C(C)C1. The Kier molecular flexibility index (Phi) is 5.23. The highest BCUT2D eigenvalue weighted by atomic mass is 16.2. The first kappa shape index (κ1) is 14.3. The lowest BCUT2D eigenvalue weighted by molar-refractivity contribution is -0.132. The van der Waals surface area contributed by atoms with Crippen LogP contribution in [0.15, 0.2) is 11.1 Å². The first-order chi connectivity index (χ1) is 8.02. The second-order valence-corrected chi connectivity index (χ2v) is 5.44. The van der Waals surface area contributed by atoms with E-state index in [1.165, 1.54) is 5.57 Å². The van der Waals surface area contributed by atoms with Gasteiger partial charge in [0.25, 0.3) is 0 Å². The summed E-state index contributed by atoms with van der Waals surface area (Å²) in [6, 6.07) is 0.678. The summed E-state index contributed by atoms with van der Waals surface area (Å²) in [5.41, 5.74) is 2.53. The Bertz CT molecular complexity index is 304. The quantitative estimate of drug-likeness (QED) is 0.710. The van der Waals surface area contributed by atoms with Crippen LogP contribution in [-0.4, -0.2) is 22.9 Å². The fourth-order valence-corrected chi connectivity index (χ4v) is 2.92. The number of hydrogen-bond donors (Lipinski definition) is 0. The lowest BCUT2D eigenvalue weighted by Crippen LogP contribution is -2.47. The van der Waals surface area contributed by atoms with Gasteiger partial charge in [0.15, 0.2) is 0 Å². The van der Waals surface area contributed by atoms with Crippen molar-refractivity contribution < 1.29 is 4.79 Å². The van der Waals surface area contributed by atoms with Crippen molar-refractivity contribution in [2.75, 3.05) is 0 Å². The number of rotatable bonds is 5. The van der Waals surface area contributed by atoms with Gasteiger partial charge in [-0.2, -0.15) is 0 Å². The zero-order valence-electron chi connectivity index (χ0n) is 12.0. The van der Waals surface area contributed by atoms with E-state index in [0.717, 1.165) is 37.7 Å². The van der Waals surface area contributed by atoms with Crippen LogP contribution in [0.1, 0.15) is 66.7 Å². The monoisotopic (exact) mass is 237 g/mol. The van der Waals surface area contributed by atoms with Crippen LogP contribution in [0.2, 0.25) is 0 Å². The standard InChI is InChI=1S/C15H27NO/c1-6-8-13-10-12(5)16(11(3)4)15(17)14(13)9-7-2/h11-12H,6-10H2,1-5H3. The van der Waals surface area contributed by atoms with E-state index in [4.69, 9.17) is 0 Å². The zero-order valence-corrected chi connectivity index (χ0v) is 12.0. The molecule has 0 aromatic carbocycles. The Morgan fingerprint density at radius 3 is 2.29 bits per heavy atom. The molecule has 1 aliphatic heterocycles. The Balaban J connectivity index is 3.02. The molecule has 1 rings (SSSR count). The predicted octanol–water partition coefficient (Wildman–Crippen LogP) is 3.91. The van der Waals surface area contributed by atoms with E-state index in [2.05, 4.69) is 39.5 Å². The zero-order chi connectivity index (χ0) is 13.0. The van der Waals surface area contributed by atoms with Crippen LogP contribution in [0.4, 0.5) is 0 Å². The average molecular weight is 237 g/mol. The Morgan fingerprint density at radius 1 is 1.24 bits per heavy atom. The molecule has 2 nitrogen and oxygen atoms in total. The third-order valence-corrected chi connectivity index (χ3v) is 3.54. The number of carbonyl (C=O) groups is 1. The van der Waals surface area contributed by atoms with Crippen LogP contribution in [0.5, 0.6) is 0 Å². The van der Waals surface area contributed by atoms with E-state index in [1.54, 1.807) is 0 Å². The number of nitrogens with zero attached hydrogens (tertiary/aromatic N) is 1. The molecule has 1 unspecified atom stereocenters. The smallest absolute Gasteiger partial charge is 0.250 e. The molecule has 0 bridgehead atoms. The molecule has 17 heavy (non-hydrogen) atoms. The molecular weight excluding hydrogens is 210 g/mol. The summed E-state index contributed by atoms with van der Waals surface area (Å²) < 4.78 is 0. The van der Waals surface area contributed by atoms with Gasteiger partial charge in [-0.25, -0.2) is 0 Å². The average Bonchev–Trinajstić information content (AvgIpc) is 2.23. The molecule has 0 fully saturated rings. The van der Waals surface area contributed by atoms with Gasteiger partial charge in [0.1, 0.15) is 0 Å². The summed E-state index contributed by atoms with van der Waals surface area (Å²) in [6.45, 7) is 10.8. The summed E-state index contributed by atoms with van der Waals surface area (Å²) in [5, 5.41) is 0. The van der Waals surface area contributed by atoms with Gasteiger partial charge in [0.2, 0.25) is 5.91 Å². The minimum absolute atomic E-state index is 0.295. The van der Waals surface area contributed by atoms with Crippen molar-refractivity contribution in [3.63, 3.8) is 0 Å². The van der Waals surface area contributed by atoms with Gasteiger partial charge in [-0.15, -0.1) is 0 Å². The molecular formula is C15H27NO. The van der Waals surface area contributed by atoms with E-state index in [-0.39, 0.29) is 0 Å². The van der Waals surface area contributed by atoms with E-state index in [1.807, 2.05) is 0 Å². The van der Waals surface area contributed by atoms with Gasteiger partial charge in [-0.05, 0) is 40.0 Å². The maximum absolute atomic E-state index is 12.5. The highest BCUT2D eigenvalue weighted by Gasteiger charge is 2.32. The fraction of sp³-hybridized carbons (Fsp3) is 0.800. The van der Waals surface area contributed by atoms with E-state index in [0.29, 0.717) is 18.0 Å². The summed E-state index contributed by atoms with van der Waals surface area (Å²) in [6.07, 6.45) is 5.33. The minimum atomic E-state index is 0.295. The molecule has 1 atom stereocenters.